The molecule has 0 unspecified atom stereocenters. The molecule has 7 rings (SSSR count). The molecule has 0 spiro atoms. The highest BCUT2D eigenvalue weighted by atomic mass is 19.3. The third-order valence-electron chi connectivity index (χ3n) is 9.61. The second-order valence-corrected chi connectivity index (χ2v) is 12.8. The summed E-state index contributed by atoms with van der Waals surface area (Å²) in [5, 5.41) is 8.80. The van der Waals surface area contributed by atoms with Crippen LogP contribution in [-0.2, 0) is 28.5 Å². The highest BCUT2D eigenvalue weighted by Gasteiger charge is 2.40. The molecule has 0 saturated heterocycles. The van der Waals surface area contributed by atoms with E-state index in [1.807, 2.05) is 29.6 Å². The Bertz CT molecular complexity index is 1900. The van der Waals surface area contributed by atoms with E-state index in [0.717, 1.165) is 44.3 Å². The van der Waals surface area contributed by atoms with E-state index < -0.39 is 37.0 Å². The van der Waals surface area contributed by atoms with E-state index >= 15 is 0 Å². The molecule has 2 aliphatic rings. The topological polar surface area (TPSA) is 137 Å². The standard InChI is InChI=1S/C19H19F2N3O2.C18H16F2N4O/c20-17(21)18(26)24-12-15(25)13-10-22-16(23-11-13)9-19(7-4-8-19)14-5-2-1-3-6-14;19-15(20)17-24-23-16(25-17)12-10-21-14(22-11-12)9-18(7-4-8-18)13-5-2-1-3-6-13/h1-3,5-6,10-11,17H,4,7-9,12H2,(H,24,26);1-3,5-6,10-11,15H,4,7-9H2. The highest BCUT2D eigenvalue weighted by Crippen LogP contribution is 2.46. The van der Waals surface area contributed by atoms with E-state index in [4.69, 9.17) is 4.42 Å². The van der Waals surface area contributed by atoms with Crippen molar-refractivity contribution in [3.05, 3.63) is 120 Å². The van der Waals surface area contributed by atoms with Gasteiger partial charge in [0.05, 0.1) is 17.7 Å². The van der Waals surface area contributed by atoms with Crippen molar-refractivity contribution in [2.75, 3.05) is 6.54 Å². The van der Waals surface area contributed by atoms with Gasteiger partial charge in [0, 0.05) is 48.5 Å². The van der Waals surface area contributed by atoms with Gasteiger partial charge >= 0.3 is 12.9 Å². The van der Waals surface area contributed by atoms with Crippen molar-refractivity contribution in [3.8, 4) is 11.5 Å². The molecular formula is C37H35F4N7O3. The summed E-state index contributed by atoms with van der Waals surface area (Å²) in [5.74, 6) is -1.31. The third kappa shape index (κ3) is 8.33. The number of rotatable bonds is 12. The van der Waals surface area contributed by atoms with Crippen LogP contribution in [0.4, 0.5) is 17.6 Å². The number of Topliss-reactive ketones (excluding diaryl/α,β-unsaturated/α-hetero) is 1. The summed E-state index contributed by atoms with van der Waals surface area (Å²) in [6, 6.07) is 20.7. The van der Waals surface area contributed by atoms with Crippen LogP contribution in [0.1, 0.15) is 84.0 Å². The lowest BCUT2D eigenvalue weighted by Gasteiger charge is -2.42. The number of hydrogen-bond donors (Lipinski definition) is 1. The fraction of sp³-hybridized carbons (Fsp3) is 0.351. The lowest BCUT2D eigenvalue weighted by atomic mass is 9.62. The minimum atomic E-state index is -3.14. The molecular weight excluding hydrogens is 666 g/mol. The molecule has 0 bridgehead atoms. The number of aromatic nitrogens is 6. The van der Waals surface area contributed by atoms with Gasteiger partial charge in [0.2, 0.25) is 0 Å². The number of nitrogens with zero attached hydrogens (tertiary/aromatic N) is 6. The van der Waals surface area contributed by atoms with E-state index in [0.29, 0.717) is 17.8 Å². The lowest BCUT2D eigenvalue weighted by molar-refractivity contribution is -0.131. The number of hydrogen-bond acceptors (Lipinski definition) is 9. The monoisotopic (exact) mass is 701 g/mol. The van der Waals surface area contributed by atoms with Crippen molar-refractivity contribution in [2.24, 2.45) is 0 Å². The Balaban J connectivity index is 0.000000176. The van der Waals surface area contributed by atoms with Crippen LogP contribution in [0.2, 0.25) is 0 Å². The fourth-order valence-electron chi connectivity index (χ4n) is 6.46. The van der Waals surface area contributed by atoms with E-state index in [2.05, 4.69) is 66.5 Å². The predicted molar refractivity (Wildman–Crippen MR) is 177 cm³/mol. The maximum atomic E-state index is 12.5. The molecule has 51 heavy (non-hydrogen) atoms. The van der Waals surface area contributed by atoms with Gasteiger partial charge in [0.15, 0.2) is 5.78 Å². The summed E-state index contributed by atoms with van der Waals surface area (Å²) >= 11 is 0. The maximum absolute atomic E-state index is 12.5. The van der Waals surface area contributed by atoms with Crippen molar-refractivity contribution in [1.82, 2.24) is 35.5 Å². The first-order chi connectivity index (χ1) is 24.7. The van der Waals surface area contributed by atoms with Gasteiger partial charge < -0.3 is 9.73 Å². The third-order valence-corrected chi connectivity index (χ3v) is 9.61. The van der Waals surface area contributed by atoms with Gasteiger partial charge in [0.25, 0.3) is 17.7 Å². The zero-order valence-corrected chi connectivity index (χ0v) is 27.5. The molecule has 5 aromatic rings. The Morgan fingerprint density at radius 3 is 1.61 bits per heavy atom. The van der Waals surface area contributed by atoms with Crippen molar-refractivity contribution < 1.29 is 31.6 Å². The smallest absolute Gasteiger partial charge is 0.315 e. The van der Waals surface area contributed by atoms with Crippen LogP contribution in [0.5, 0.6) is 0 Å². The first kappa shape index (κ1) is 35.4. The number of benzene rings is 2. The van der Waals surface area contributed by atoms with Crippen LogP contribution in [0.15, 0.2) is 89.9 Å². The molecule has 1 N–H and O–H groups in total. The Labute approximate surface area is 291 Å². The van der Waals surface area contributed by atoms with Crippen molar-refractivity contribution in [1.29, 1.82) is 0 Å². The number of carbonyl (C=O) groups excluding carboxylic acids is 2. The molecule has 2 aliphatic carbocycles. The normalized spacial score (nSPS) is 15.6. The molecule has 10 nitrogen and oxygen atoms in total. The summed E-state index contributed by atoms with van der Waals surface area (Å²) in [6.07, 6.45) is 8.10. The van der Waals surface area contributed by atoms with Crippen molar-refractivity contribution in [2.45, 2.75) is 75.0 Å². The molecule has 264 valence electrons. The number of ketones is 1. The molecule has 0 aliphatic heterocycles. The molecule has 2 aromatic carbocycles. The number of amides is 1. The van der Waals surface area contributed by atoms with Crippen molar-refractivity contribution in [3.63, 3.8) is 0 Å². The fourth-order valence-corrected chi connectivity index (χ4v) is 6.46. The van der Waals surface area contributed by atoms with Crippen LogP contribution in [0.3, 0.4) is 0 Å². The summed E-state index contributed by atoms with van der Waals surface area (Å²) in [6.45, 7) is -0.500. The summed E-state index contributed by atoms with van der Waals surface area (Å²) in [4.78, 5) is 40.0. The van der Waals surface area contributed by atoms with E-state index in [9.17, 15) is 27.2 Å². The average molecular weight is 702 g/mol. The summed E-state index contributed by atoms with van der Waals surface area (Å²) < 4.78 is 54.2. The zero-order chi connectivity index (χ0) is 35.8. The number of nitrogens with one attached hydrogen (secondary N) is 1. The van der Waals surface area contributed by atoms with Crippen LogP contribution < -0.4 is 5.32 Å². The average Bonchev–Trinajstić information content (AvgIpc) is 3.63. The molecule has 3 heterocycles. The van der Waals surface area contributed by atoms with Gasteiger partial charge in [-0.1, -0.05) is 73.5 Å². The van der Waals surface area contributed by atoms with Crippen LogP contribution in [0.25, 0.3) is 11.5 Å². The number of carbonyl (C=O) groups is 2. The first-order valence-electron chi connectivity index (χ1n) is 16.6. The SMILES string of the molecule is FC(F)c1nnc(-c2cnc(CC3(c4ccccc4)CCC3)nc2)o1.O=C(CNC(=O)C(F)F)c1cnc(CC2(c3ccccc3)CCC2)nc1. The number of halogens is 4. The van der Waals surface area contributed by atoms with Gasteiger partial charge in [-0.05, 0) is 36.8 Å². The van der Waals surface area contributed by atoms with Gasteiger partial charge in [-0.15, -0.1) is 10.2 Å². The second-order valence-electron chi connectivity index (χ2n) is 12.8. The van der Waals surface area contributed by atoms with E-state index in [-0.39, 0.29) is 22.3 Å². The van der Waals surface area contributed by atoms with Gasteiger partial charge in [0.1, 0.15) is 11.6 Å². The molecule has 14 heteroatoms. The zero-order valence-electron chi connectivity index (χ0n) is 27.5. The predicted octanol–water partition coefficient (Wildman–Crippen LogP) is 6.83. The molecule has 3 aromatic heterocycles. The van der Waals surface area contributed by atoms with Gasteiger partial charge in [-0.25, -0.2) is 19.9 Å². The Morgan fingerprint density at radius 2 is 1.20 bits per heavy atom. The minimum absolute atomic E-state index is 0.00302. The summed E-state index contributed by atoms with van der Waals surface area (Å²) in [7, 11) is 0. The van der Waals surface area contributed by atoms with Crippen LogP contribution in [-0.4, -0.2) is 54.8 Å². The Morgan fingerprint density at radius 1 is 0.706 bits per heavy atom. The quantitative estimate of drug-likeness (QED) is 0.110. The summed E-state index contributed by atoms with van der Waals surface area (Å²) in [5.41, 5.74) is 3.34. The molecule has 2 fully saturated rings. The Hall–Kier alpha value is -5.40. The Kier molecular flexibility index (Phi) is 10.9. The second kappa shape index (κ2) is 15.7. The van der Waals surface area contributed by atoms with E-state index in [1.165, 1.54) is 29.9 Å². The minimum Gasteiger partial charge on any atom is -0.415 e. The number of alkyl halides is 4. The maximum Gasteiger partial charge on any atom is 0.315 e. The molecule has 0 atom stereocenters. The van der Waals surface area contributed by atoms with Crippen molar-refractivity contribution >= 4 is 11.7 Å². The van der Waals surface area contributed by atoms with Gasteiger partial charge in [-0.3, -0.25) is 9.59 Å². The largest absolute Gasteiger partial charge is 0.415 e. The molecule has 1 amide bonds. The van der Waals surface area contributed by atoms with Crippen LogP contribution in [0, 0.1) is 0 Å². The lowest BCUT2D eigenvalue weighted by Crippen LogP contribution is -2.37. The van der Waals surface area contributed by atoms with Crippen LogP contribution >= 0.6 is 0 Å². The van der Waals surface area contributed by atoms with E-state index in [1.54, 1.807) is 12.4 Å². The molecule has 0 radical (unpaired) electrons. The van der Waals surface area contributed by atoms with Gasteiger partial charge in [-0.2, -0.15) is 17.6 Å². The first-order valence-corrected chi connectivity index (χ1v) is 16.6. The highest BCUT2D eigenvalue weighted by molar-refractivity contribution is 5.99. The molecule has 2 saturated carbocycles.